The Labute approximate surface area is 401 Å². The van der Waals surface area contributed by atoms with Gasteiger partial charge in [-0.05, 0) is 60.0 Å². The van der Waals surface area contributed by atoms with Gasteiger partial charge >= 0.3 is 70.4 Å². The van der Waals surface area contributed by atoms with Gasteiger partial charge in [0.25, 0.3) is 18.4 Å². The topological polar surface area (TPSA) is 206 Å². The molecule has 0 radical (unpaired) electrons. The van der Waals surface area contributed by atoms with Gasteiger partial charge in [0, 0.05) is 66.5 Å². The van der Waals surface area contributed by atoms with Crippen molar-refractivity contribution in [3.8, 4) is 24.0 Å². The Kier molecular flexibility index (Phi) is 16.9. The molecule has 0 aliphatic carbocycles. The lowest BCUT2D eigenvalue weighted by molar-refractivity contribution is -0.0342. The molecule has 1 N–H and O–H groups in total. The first-order valence-corrected chi connectivity index (χ1v) is 39.2. The molecule has 1 aromatic carbocycles. The highest BCUT2D eigenvalue weighted by molar-refractivity contribution is 7.03. The van der Waals surface area contributed by atoms with Gasteiger partial charge in [0.15, 0.2) is 0 Å². The molecule has 7 rings (SSSR count). The SMILES string of the molecule is CC(C)C[Si]12O[Si]3(CCCNC(=O)c4cc(OC#N)cc(OC#N)c4)O[Si]4(CC(C)C)O[Si](CC(C)C)(O1)O[Si]1(CC(C)C)O[Si](CC(C)C)(O2)O[Si](CC(C)C)(O3)O[Si](CC(C)C)(O4)O1. The molecule has 8 bridgehead atoms. The lowest BCUT2D eigenvalue weighted by Gasteiger charge is -2.64. The molecular formula is C40H73N3O15Si8. The molecule has 1 amide bonds. The molecule has 6 heterocycles. The zero-order chi connectivity index (χ0) is 48.6. The number of amides is 1. The molecule has 1 aromatic rings. The number of nitrogens with zero attached hydrogens (tertiary/aromatic N) is 2. The molecule has 0 spiro atoms. The minimum Gasteiger partial charge on any atom is -0.388 e. The quantitative estimate of drug-likeness (QED) is 0.0693. The Bertz CT molecular complexity index is 1790. The first-order chi connectivity index (χ1) is 30.8. The molecule has 0 aromatic heterocycles. The van der Waals surface area contributed by atoms with Crippen LogP contribution in [0.5, 0.6) is 11.5 Å². The summed E-state index contributed by atoms with van der Waals surface area (Å²) in [6.45, 7) is 29.8. The van der Waals surface area contributed by atoms with Crippen LogP contribution in [0.4, 0.5) is 0 Å². The van der Waals surface area contributed by atoms with E-state index in [4.69, 9.17) is 69.4 Å². The molecule has 6 saturated heterocycles. The highest BCUT2D eigenvalue weighted by atomic mass is 28.6. The Balaban J connectivity index is 1.59. The molecule has 0 saturated carbocycles. The first kappa shape index (κ1) is 53.9. The van der Waals surface area contributed by atoms with E-state index >= 15 is 0 Å². The third-order valence-corrected chi connectivity index (χ3v) is 50.8. The van der Waals surface area contributed by atoms with Crippen molar-refractivity contribution in [2.45, 2.75) is 152 Å². The molecule has 66 heavy (non-hydrogen) atoms. The van der Waals surface area contributed by atoms with Gasteiger partial charge in [-0.2, -0.15) is 0 Å². The van der Waals surface area contributed by atoms with Crippen molar-refractivity contribution in [1.29, 1.82) is 10.5 Å². The third-order valence-electron chi connectivity index (χ3n) is 10.8. The monoisotopic (exact) mass is 1060 g/mol. The lowest BCUT2D eigenvalue weighted by Crippen LogP contribution is -2.88. The summed E-state index contributed by atoms with van der Waals surface area (Å²) < 4.78 is 103. The normalized spacial score (nSPS) is 35.0. The van der Waals surface area contributed by atoms with Gasteiger partial charge in [-0.15, -0.1) is 10.5 Å². The number of ether oxygens (including phenoxy) is 2. The van der Waals surface area contributed by atoms with E-state index in [9.17, 15) is 4.79 Å². The summed E-state index contributed by atoms with van der Waals surface area (Å²) in [4.78, 5) is 13.7. The minimum absolute atomic E-state index is 0.0109. The fourth-order valence-electron chi connectivity index (χ4n) is 9.41. The molecule has 370 valence electrons. The largest absolute Gasteiger partial charge is 0.479 e. The van der Waals surface area contributed by atoms with Crippen LogP contribution in [-0.2, 0) is 49.4 Å². The molecule has 6 fully saturated rings. The fraction of sp³-hybridized carbons (Fsp3) is 0.775. The summed E-state index contributed by atoms with van der Waals surface area (Å²) in [5.41, 5.74) is 0.129. The molecule has 6 aliphatic rings. The van der Waals surface area contributed by atoms with Crippen molar-refractivity contribution in [2.75, 3.05) is 6.54 Å². The maximum absolute atomic E-state index is 13.7. The summed E-state index contributed by atoms with van der Waals surface area (Å²) >= 11 is 0. The predicted molar refractivity (Wildman–Crippen MR) is 257 cm³/mol. The number of nitrogens with one attached hydrogen (secondary N) is 1. The van der Waals surface area contributed by atoms with E-state index in [1.54, 1.807) is 12.5 Å². The zero-order valence-corrected chi connectivity index (χ0v) is 49.4. The Hall–Kier alpha value is -1.47. The molecule has 18 nitrogen and oxygen atoms in total. The Morgan fingerprint density at radius 1 is 0.455 bits per heavy atom. The van der Waals surface area contributed by atoms with Crippen molar-refractivity contribution < 1.29 is 63.7 Å². The number of benzene rings is 1. The maximum Gasteiger partial charge on any atom is 0.479 e. The van der Waals surface area contributed by atoms with Gasteiger partial charge < -0.3 is 64.2 Å². The highest BCUT2D eigenvalue weighted by Crippen LogP contribution is 2.56. The van der Waals surface area contributed by atoms with Crippen LogP contribution in [0.2, 0.25) is 48.4 Å². The van der Waals surface area contributed by atoms with Crippen LogP contribution < -0.4 is 14.8 Å². The highest BCUT2D eigenvalue weighted by Gasteiger charge is 2.83. The van der Waals surface area contributed by atoms with Gasteiger partial charge in [0.2, 0.25) is 0 Å². The predicted octanol–water partition coefficient (Wildman–Crippen LogP) is 8.90. The van der Waals surface area contributed by atoms with E-state index in [1.807, 2.05) is 0 Å². The average molecular weight is 1060 g/mol. The van der Waals surface area contributed by atoms with Crippen LogP contribution >= 0.6 is 0 Å². The summed E-state index contributed by atoms with van der Waals surface area (Å²) in [6.07, 6.45) is 3.50. The minimum atomic E-state index is -4.24. The van der Waals surface area contributed by atoms with E-state index in [-0.39, 0.29) is 71.1 Å². The second-order valence-corrected chi connectivity index (χ2v) is 45.4. The van der Waals surface area contributed by atoms with E-state index in [2.05, 4.69) is 102 Å². The standard InChI is InChI=1S/C40H73N3O15Si8/c1-30(2)21-60-47-59(17-15-16-43-40(44)37-18-38(45-28-41)20-39(19-37)46-29-42)48-61(22-31(3)4)52-63(50-60,24-33(7)8)56-66(27-36(13)14)57-64(51-60,25-34(9)10)53-62(49-59,23-32(5)6)55-65(54-61,58-66)26-35(11)12/h18-20,30-36H,15-17,21-27H2,1-14H3,(H,43,44). The number of carbonyl (C=O) groups excluding carboxylic acids is 1. The van der Waals surface area contributed by atoms with E-state index in [1.165, 1.54) is 18.2 Å². The van der Waals surface area contributed by atoms with Crippen molar-refractivity contribution in [3.63, 3.8) is 0 Å². The fourth-order valence-corrected chi connectivity index (χ4v) is 61.0. The van der Waals surface area contributed by atoms with Crippen LogP contribution in [0.25, 0.3) is 0 Å². The molecule has 0 atom stereocenters. The Morgan fingerprint density at radius 3 is 0.924 bits per heavy atom. The van der Waals surface area contributed by atoms with Gasteiger partial charge in [-0.1, -0.05) is 96.9 Å². The number of hydrogen-bond donors (Lipinski definition) is 1. The number of carbonyl (C=O) groups is 1. The molecular weight excluding hydrogens is 987 g/mol. The van der Waals surface area contributed by atoms with E-state index in [0.717, 1.165) is 0 Å². The number of rotatable bonds is 21. The van der Waals surface area contributed by atoms with Crippen LogP contribution in [-0.4, -0.2) is 82.9 Å². The van der Waals surface area contributed by atoms with Crippen molar-refractivity contribution in [3.05, 3.63) is 23.8 Å². The van der Waals surface area contributed by atoms with Gasteiger partial charge in [-0.3, -0.25) is 4.79 Å². The maximum atomic E-state index is 13.7. The van der Waals surface area contributed by atoms with E-state index < -0.39 is 76.3 Å². The smallest absolute Gasteiger partial charge is 0.388 e. The van der Waals surface area contributed by atoms with Gasteiger partial charge in [0.1, 0.15) is 11.5 Å². The second kappa shape index (κ2) is 20.7. The Morgan fingerprint density at radius 2 is 0.697 bits per heavy atom. The summed E-state index contributed by atoms with van der Waals surface area (Å²) in [6, 6.07) is 7.05. The van der Waals surface area contributed by atoms with Crippen molar-refractivity contribution >= 4 is 76.3 Å². The second-order valence-electron chi connectivity index (χ2n) is 21.3. The van der Waals surface area contributed by atoms with Crippen LogP contribution in [0.1, 0.15) is 114 Å². The summed E-state index contributed by atoms with van der Waals surface area (Å²) in [7, 11) is -32.7. The molecule has 6 aliphatic heterocycles. The third kappa shape index (κ3) is 12.9. The summed E-state index contributed by atoms with van der Waals surface area (Å²) in [5, 5.41) is 21.3. The van der Waals surface area contributed by atoms with Crippen LogP contribution in [0.3, 0.4) is 0 Å². The van der Waals surface area contributed by atoms with Crippen LogP contribution in [0, 0.1) is 64.5 Å². The van der Waals surface area contributed by atoms with Gasteiger partial charge in [-0.25, -0.2) is 0 Å². The zero-order valence-electron chi connectivity index (χ0n) is 41.4. The van der Waals surface area contributed by atoms with Gasteiger partial charge in [0.05, 0.1) is 0 Å². The van der Waals surface area contributed by atoms with Crippen molar-refractivity contribution in [2.24, 2.45) is 41.4 Å². The van der Waals surface area contributed by atoms with Crippen LogP contribution in [0.15, 0.2) is 18.2 Å². The number of nitriles is 2. The average Bonchev–Trinajstić information content (AvgIpc) is 3.08. The first-order valence-electron chi connectivity index (χ1n) is 23.7. The molecule has 0 unspecified atom stereocenters. The lowest BCUT2D eigenvalue weighted by atomic mass is 10.2. The number of hydrogen-bond acceptors (Lipinski definition) is 17. The molecule has 26 heteroatoms. The van der Waals surface area contributed by atoms with Crippen molar-refractivity contribution in [1.82, 2.24) is 5.32 Å². The summed E-state index contributed by atoms with van der Waals surface area (Å²) in [5.74, 6) is -0.149. The van der Waals surface area contributed by atoms with E-state index in [0.29, 0.717) is 48.7 Å².